The second-order valence-corrected chi connectivity index (χ2v) is 7.49. The van der Waals surface area contributed by atoms with Gasteiger partial charge in [-0.3, -0.25) is 4.79 Å². The van der Waals surface area contributed by atoms with Crippen molar-refractivity contribution in [2.45, 2.75) is 26.2 Å². The standard InChI is InChI=1S/C22H21N5O/c1-12(2)15-5-3-4-6-16(15)19-8-13-9-20(25-11-18(13)21(24)26-19)27-22(28)17-7-14(17)10-23/h3-6,8-9,11-12,14,17H,7H2,1-2H3,(H2,24,26)(H,25,27,28)/t14-,17+/m0/s1. The molecule has 2 atom stereocenters. The molecule has 0 spiro atoms. The Bertz CT molecular complexity index is 1120. The van der Waals surface area contributed by atoms with Crippen molar-refractivity contribution in [3.05, 3.63) is 48.2 Å². The largest absolute Gasteiger partial charge is 0.383 e. The summed E-state index contributed by atoms with van der Waals surface area (Å²) in [6.45, 7) is 4.29. The van der Waals surface area contributed by atoms with Crippen LogP contribution in [0.15, 0.2) is 42.6 Å². The number of nitrogen functional groups attached to an aromatic ring is 1. The minimum atomic E-state index is -0.238. The zero-order chi connectivity index (χ0) is 19.8. The van der Waals surface area contributed by atoms with Crippen LogP contribution in [0.4, 0.5) is 11.6 Å². The van der Waals surface area contributed by atoms with Crippen molar-refractivity contribution in [1.29, 1.82) is 5.26 Å². The van der Waals surface area contributed by atoms with E-state index in [1.807, 2.05) is 24.3 Å². The molecule has 6 heteroatoms. The van der Waals surface area contributed by atoms with Gasteiger partial charge >= 0.3 is 0 Å². The lowest BCUT2D eigenvalue weighted by Crippen LogP contribution is -2.15. The number of pyridine rings is 2. The van der Waals surface area contributed by atoms with Crippen LogP contribution in [0.1, 0.15) is 31.7 Å². The van der Waals surface area contributed by atoms with E-state index in [1.54, 1.807) is 12.3 Å². The van der Waals surface area contributed by atoms with Crippen molar-refractivity contribution < 1.29 is 4.79 Å². The molecule has 0 unspecified atom stereocenters. The smallest absolute Gasteiger partial charge is 0.230 e. The molecule has 3 aromatic rings. The Morgan fingerprint density at radius 3 is 2.82 bits per heavy atom. The molecule has 1 aromatic carbocycles. The van der Waals surface area contributed by atoms with Gasteiger partial charge in [-0.15, -0.1) is 0 Å². The topological polar surface area (TPSA) is 105 Å². The number of anilines is 2. The maximum absolute atomic E-state index is 12.2. The Morgan fingerprint density at radius 1 is 1.32 bits per heavy atom. The zero-order valence-corrected chi connectivity index (χ0v) is 15.8. The molecule has 0 radical (unpaired) electrons. The fraction of sp³-hybridized carbons (Fsp3) is 0.273. The highest BCUT2D eigenvalue weighted by molar-refractivity contribution is 5.98. The summed E-state index contributed by atoms with van der Waals surface area (Å²) in [5, 5.41) is 13.3. The van der Waals surface area contributed by atoms with E-state index in [2.05, 4.69) is 41.3 Å². The lowest BCUT2D eigenvalue weighted by Gasteiger charge is -2.14. The molecule has 2 heterocycles. The first-order valence-corrected chi connectivity index (χ1v) is 9.34. The minimum absolute atomic E-state index is 0.161. The first-order valence-electron chi connectivity index (χ1n) is 9.34. The average Bonchev–Trinajstić information content (AvgIpc) is 3.47. The Kier molecular flexibility index (Phi) is 4.44. The van der Waals surface area contributed by atoms with Gasteiger partial charge in [0.2, 0.25) is 5.91 Å². The SMILES string of the molecule is CC(C)c1ccccc1-c1cc2cc(NC(=O)[C@@H]3C[C@H]3C#N)ncc2c(N)n1. The third kappa shape index (κ3) is 3.27. The number of nitrogens with two attached hydrogens (primary N) is 1. The Balaban J connectivity index is 1.71. The molecule has 0 aliphatic heterocycles. The van der Waals surface area contributed by atoms with Crippen molar-refractivity contribution in [3.63, 3.8) is 0 Å². The normalized spacial score (nSPS) is 18.1. The quantitative estimate of drug-likeness (QED) is 0.718. The van der Waals surface area contributed by atoms with Gasteiger partial charge in [-0.2, -0.15) is 5.26 Å². The number of benzene rings is 1. The van der Waals surface area contributed by atoms with Gasteiger partial charge in [-0.25, -0.2) is 9.97 Å². The van der Waals surface area contributed by atoms with Crippen LogP contribution in [-0.2, 0) is 4.79 Å². The number of fused-ring (bicyclic) bond motifs is 1. The molecule has 0 saturated heterocycles. The molecule has 1 saturated carbocycles. The van der Waals surface area contributed by atoms with Crippen LogP contribution in [-0.4, -0.2) is 15.9 Å². The monoisotopic (exact) mass is 371 g/mol. The van der Waals surface area contributed by atoms with E-state index in [1.165, 1.54) is 5.56 Å². The number of rotatable bonds is 4. The number of carbonyl (C=O) groups excluding carboxylic acids is 1. The predicted octanol–water partition coefficient (Wildman–Crippen LogP) is 4.10. The third-order valence-electron chi connectivity index (χ3n) is 5.15. The van der Waals surface area contributed by atoms with Crippen molar-refractivity contribution in [2.24, 2.45) is 11.8 Å². The number of hydrogen-bond acceptors (Lipinski definition) is 5. The molecule has 3 N–H and O–H groups in total. The lowest BCUT2D eigenvalue weighted by molar-refractivity contribution is -0.117. The predicted molar refractivity (Wildman–Crippen MR) is 109 cm³/mol. The molecular formula is C22H21N5O. The number of carbonyl (C=O) groups is 1. The average molecular weight is 371 g/mol. The number of amides is 1. The molecule has 1 aliphatic carbocycles. The third-order valence-corrected chi connectivity index (χ3v) is 5.15. The van der Waals surface area contributed by atoms with Crippen molar-refractivity contribution >= 4 is 28.3 Å². The van der Waals surface area contributed by atoms with Crippen molar-refractivity contribution in [3.8, 4) is 17.3 Å². The van der Waals surface area contributed by atoms with E-state index in [-0.39, 0.29) is 17.7 Å². The summed E-state index contributed by atoms with van der Waals surface area (Å²) in [6.07, 6.45) is 2.24. The lowest BCUT2D eigenvalue weighted by atomic mass is 9.94. The summed E-state index contributed by atoms with van der Waals surface area (Å²) in [4.78, 5) is 21.1. The van der Waals surface area contributed by atoms with Gasteiger partial charge in [-0.05, 0) is 35.4 Å². The summed E-state index contributed by atoms with van der Waals surface area (Å²) in [5.41, 5.74) is 9.23. The Hall–Kier alpha value is -3.46. The fourth-order valence-corrected chi connectivity index (χ4v) is 3.46. The molecule has 140 valence electrons. The summed E-state index contributed by atoms with van der Waals surface area (Å²) < 4.78 is 0. The summed E-state index contributed by atoms with van der Waals surface area (Å²) in [5.74, 6) is 0.635. The van der Waals surface area contributed by atoms with Crippen LogP contribution < -0.4 is 11.1 Å². The Labute approximate surface area is 163 Å². The highest BCUT2D eigenvalue weighted by Gasteiger charge is 2.43. The van der Waals surface area contributed by atoms with E-state index in [9.17, 15) is 4.79 Å². The van der Waals surface area contributed by atoms with Gasteiger partial charge in [-0.1, -0.05) is 38.1 Å². The van der Waals surface area contributed by atoms with Crippen LogP contribution in [0.5, 0.6) is 0 Å². The van der Waals surface area contributed by atoms with E-state index in [0.717, 1.165) is 22.0 Å². The number of nitrogens with one attached hydrogen (secondary N) is 1. The zero-order valence-electron chi connectivity index (χ0n) is 15.8. The molecule has 2 aromatic heterocycles. The first-order chi connectivity index (χ1) is 13.5. The number of nitrogens with zero attached hydrogens (tertiary/aromatic N) is 3. The summed E-state index contributed by atoms with van der Waals surface area (Å²) >= 11 is 0. The van der Waals surface area contributed by atoms with Gasteiger partial charge in [0.1, 0.15) is 11.6 Å². The highest BCUT2D eigenvalue weighted by Crippen LogP contribution is 2.38. The molecule has 0 bridgehead atoms. The van der Waals surface area contributed by atoms with Crippen LogP contribution in [0.25, 0.3) is 22.0 Å². The van der Waals surface area contributed by atoms with Gasteiger partial charge < -0.3 is 11.1 Å². The van der Waals surface area contributed by atoms with E-state index in [0.29, 0.717) is 24.0 Å². The van der Waals surface area contributed by atoms with Crippen LogP contribution in [0, 0.1) is 23.2 Å². The number of hydrogen-bond donors (Lipinski definition) is 2. The Morgan fingerprint density at radius 2 is 2.11 bits per heavy atom. The van der Waals surface area contributed by atoms with Gasteiger partial charge in [0.15, 0.2) is 0 Å². The maximum Gasteiger partial charge on any atom is 0.230 e. The van der Waals surface area contributed by atoms with Crippen LogP contribution in [0.2, 0.25) is 0 Å². The summed E-state index contributed by atoms with van der Waals surface area (Å²) in [7, 11) is 0. The molecule has 28 heavy (non-hydrogen) atoms. The van der Waals surface area contributed by atoms with E-state index >= 15 is 0 Å². The van der Waals surface area contributed by atoms with E-state index < -0.39 is 0 Å². The fourth-order valence-electron chi connectivity index (χ4n) is 3.46. The van der Waals surface area contributed by atoms with Gasteiger partial charge in [0.25, 0.3) is 0 Å². The molecule has 1 amide bonds. The van der Waals surface area contributed by atoms with Gasteiger partial charge in [0, 0.05) is 17.1 Å². The molecular weight excluding hydrogens is 350 g/mol. The first kappa shape index (κ1) is 17.9. The van der Waals surface area contributed by atoms with Crippen molar-refractivity contribution in [1.82, 2.24) is 9.97 Å². The summed E-state index contributed by atoms with van der Waals surface area (Å²) in [6, 6.07) is 14.1. The second-order valence-electron chi connectivity index (χ2n) is 7.49. The molecule has 1 fully saturated rings. The maximum atomic E-state index is 12.2. The van der Waals surface area contributed by atoms with Crippen molar-refractivity contribution in [2.75, 3.05) is 11.1 Å². The molecule has 6 nitrogen and oxygen atoms in total. The van der Waals surface area contributed by atoms with Crippen LogP contribution >= 0.6 is 0 Å². The highest BCUT2D eigenvalue weighted by atomic mass is 16.2. The van der Waals surface area contributed by atoms with E-state index in [4.69, 9.17) is 11.0 Å². The van der Waals surface area contributed by atoms with Crippen LogP contribution in [0.3, 0.4) is 0 Å². The molecule has 4 rings (SSSR count). The number of aromatic nitrogens is 2. The minimum Gasteiger partial charge on any atom is -0.383 e. The van der Waals surface area contributed by atoms with Gasteiger partial charge in [0.05, 0.1) is 23.6 Å². The second kappa shape index (κ2) is 6.93. The number of nitriles is 1. The molecule has 1 aliphatic rings.